The predicted octanol–water partition coefficient (Wildman–Crippen LogP) is 10.00. The van der Waals surface area contributed by atoms with Gasteiger partial charge in [0.05, 0.1) is 14.7 Å². The van der Waals surface area contributed by atoms with Crippen molar-refractivity contribution in [3.8, 4) is 0 Å². The summed E-state index contributed by atoms with van der Waals surface area (Å²) in [6, 6.07) is 19.8. The third kappa shape index (κ3) is 5.41. The molecule has 14 heteroatoms. The number of hydrogen-bond donors (Lipinski definition) is 1. The zero-order valence-corrected chi connectivity index (χ0v) is 23.3. The summed E-state index contributed by atoms with van der Waals surface area (Å²) in [5.41, 5.74) is 0.860. The lowest BCUT2D eigenvalue weighted by Gasteiger charge is -2.31. The lowest BCUT2D eigenvalue weighted by Crippen LogP contribution is -2.63. The Bertz CT molecular complexity index is 1440. The molecule has 1 saturated carbocycles. The van der Waals surface area contributed by atoms with E-state index in [-0.39, 0.29) is 20.6 Å². The molecule has 42 heavy (non-hydrogen) atoms. The van der Waals surface area contributed by atoms with E-state index in [1.165, 1.54) is 72.8 Å². The Morgan fingerprint density at radius 1 is 0.619 bits per heavy atom. The smallest absolute Gasteiger partial charge is 0.240 e. The second-order valence-corrected chi connectivity index (χ2v) is 14.3. The molecular formula is C28H26F9O3S2+. The lowest BCUT2D eigenvalue weighted by atomic mass is 9.84. The summed E-state index contributed by atoms with van der Waals surface area (Å²) < 4.78 is 153. The molecule has 230 valence electrons. The van der Waals surface area contributed by atoms with Gasteiger partial charge >= 0.3 is 33.4 Å². The minimum atomic E-state index is -7.38. The van der Waals surface area contributed by atoms with Gasteiger partial charge in [0.1, 0.15) is 0 Å². The van der Waals surface area contributed by atoms with Crippen molar-refractivity contribution in [3.05, 3.63) is 90.5 Å². The lowest BCUT2D eigenvalue weighted by molar-refractivity contribution is -0.382. The first kappa shape index (κ1) is 32.2. The van der Waals surface area contributed by atoms with E-state index in [4.69, 9.17) is 3.29 Å². The largest absolute Gasteiger partial charge is 0.497 e. The maximum absolute atomic E-state index is 15.0. The summed E-state index contributed by atoms with van der Waals surface area (Å²) in [6.07, 6.45) is -2.38. The molecule has 0 amide bonds. The van der Waals surface area contributed by atoms with Gasteiger partial charge in [0.15, 0.2) is 10.3 Å². The molecule has 0 bridgehead atoms. The van der Waals surface area contributed by atoms with Crippen LogP contribution in [-0.2, 0) is 13.4 Å². The summed E-state index contributed by atoms with van der Waals surface area (Å²) in [7, 11) is -10.9. The van der Waals surface area contributed by atoms with Crippen LogP contribution < -0.4 is 0 Å². The molecule has 0 spiro atoms. The van der Waals surface area contributed by atoms with Crippen LogP contribution in [0.3, 0.4) is 0 Å². The fraction of sp³-hybridized carbons (Fsp3) is 0.357. The zero-order valence-electron chi connectivity index (χ0n) is 21.7. The van der Waals surface area contributed by atoms with Crippen LogP contribution in [0.5, 0.6) is 0 Å². The molecule has 4 rings (SSSR count). The number of rotatable bonds is 8. The Labute approximate surface area is 238 Å². The van der Waals surface area contributed by atoms with Crippen molar-refractivity contribution < 1.29 is 51.6 Å². The second-order valence-electron chi connectivity index (χ2n) is 9.79. The van der Waals surface area contributed by atoms with Crippen molar-refractivity contribution in [1.82, 2.24) is 0 Å². The van der Waals surface area contributed by atoms with Gasteiger partial charge in [0, 0.05) is 0 Å². The van der Waals surface area contributed by atoms with Gasteiger partial charge in [-0.15, -0.1) is 7.49 Å². The van der Waals surface area contributed by atoms with Crippen LogP contribution in [0.2, 0.25) is 0 Å². The van der Waals surface area contributed by atoms with E-state index in [1.54, 1.807) is 12.1 Å². The molecule has 1 aliphatic carbocycles. The van der Waals surface area contributed by atoms with E-state index in [0.29, 0.717) is 0 Å². The molecule has 0 heterocycles. The molecule has 0 saturated heterocycles. The van der Waals surface area contributed by atoms with Gasteiger partial charge in [0.25, 0.3) is 0 Å². The summed E-state index contributed by atoms with van der Waals surface area (Å²) in [5.74, 6) is -14.6. The highest BCUT2D eigenvalue weighted by Crippen LogP contribution is 2.69. The summed E-state index contributed by atoms with van der Waals surface area (Å²) >= 11 is 0. The fourth-order valence-electron chi connectivity index (χ4n) is 4.82. The summed E-state index contributed by atoms with van der Waals surface area (Å²) in [5, 5.41) is -6.90. The molecular weight excluding hydrogens is 619 g/mol. The van der Waals surface area contributed by atoms with E-state index >= 15 is 8.78 Å². The van der Waals surface area contributed by atoms with Gasteiger partial charge in [-0.25, -0.2) is 4.55 Å². The molecule has 1 aliphatic rings. The van der Waals surface area contributed by atoms with Crippen molar-refractivity contribution >= 4 is 20.4 Å². The second kappa shape index (κ2) is 11.4. The van der Waals surface area contributed by atoms with Crippen LogP contribution in [0.15, 0.2) is 99.6 Å². The molecule has 1 unspecified atom stereocenters. The average molecular weight is 646 g/mol. The molecule has 3 aromatic carbocycles. The summed E-state index contributed by atoms with van der Waals surface area (Å²) in [4.78, 5) is -0.210. The highest BCUT2D eigenvalue weighted by Gasteiger charge is 2.88. The van der Waals surface area contributed by atoms with Crippen LogP contribution in [0.4, 0.5) is 39.5 Å². The quantitative estimate of drug-likeness (QED) is 0.151. The van der Waals surface area contributed by atoms with Crippen molar-refractivity contribution in [2.75, 3.05) is 0 Å². The maximum Gasteiger partial charge on any atom is 0.497 e. The first-order valence-electron chi connectivity index (χ1n) is 12.7. The van der Waals surface area contributed by atoms with Crippen LogP contribution >= 0.6 is 10.3 Å². The van der Waals surface area contributed by atoms with Gasteiger partial charge in [0.2, 0.25) is 0 Å². The number of alkyl halides is 9. The van der Waals surface area contributed by atoms with Crippen LogP contribution in [0, 0.1) is 0 Å². The highest BCUT2D eigenvalue weighted by molar-refractivity contribution is 8.30. The van der Waals surface area contributed by atoms with Crippen LogP contribution in [0.25, 0.3) is 0 Å². The minimum Gasteiger partial charge on any atom is -0.240 e. The molecule has 0 radical (unpaired) electrons. The van der Waals surface area contributed by atoms with Crippen molar-refractivity contribution in [2.45, 2.75) is 76.0 Å². The molecule has 0 aliphatic heterocycles. The predicted molar refractivity (Wildman–Crippen MR) is 140 cm³/mol. The van der Waals surface area contributed by atoms with Gasteiger partial charge in [-0.1, -0.05) is 67.8 Å². The third-order valence-electron chi connectivity index (χ3n) is 7.07. The monoisotopic (exact) mass is 645 g/mol. The molecule has 1 atom stereocenters. The van der Waals surface area contributed by atoms with E-state index in [0.717, 1.165) is 37.7 Å². The van der Waals surface area contributed by atoms with Crippen molar-refractivity contribution in [3.63, 3.8) is 0 Å². The number of hydrogen-bond acceptors (Lipinski definition) is 1. The molecule has 3 nitrogen and oxygen atoms in total. The molecule has 3 aromatic rings. The van der Waals surface area contributed by atoms with Gasteiger partial charge in [-0.3, -0.25) is 0 Å². The molecule has 1 N–H and O–H groups in total. The number of halogens is 9. The fourth-order valence-corrected chi connectivity index (χ4v) is 10.1. The van der Waals surface area contributed by atoms with E-state index in [2.05, 4.69) is 0 Å². The zero-order chi connectivity index (χ0) is 31.0. The normalized spacial score (nSPS) is 17.9. The standard InChI is InChI=1S/C28H25F9O3S2/c29-25(30,27(33,34)35)26(31,32)28(36,37)42(38,39)40-41(22-12-6-2-7-13-22,23-14-8-3-9-15-23)24-18-16-21(17-19-24)20-10-4-1-5-11-20/h2-3,6-9,12-20H,1,4-5,10-11H2/p+1. The molecule has 1 fully saturated rings. The maximum atomic E-state index is 15.0. The molecule has 0 aromatic heterocycles. The van der Waals surface area contributed by atoms with E-state index < -0.39 is 43.7 Å². The Kier molecular flexibility index (Phi) is 8.76. The Morgan fingerprint density at radius 3 is 1.48 bits per heavy atom. The minimum absolute atomic E-state index is 0.0528. The summed E-state index contributed by atoms with van der Waals surface area (Å²) in [6.45, 7) is 0. The van der Waals surface area contributed by atoms with Crippen molar-refractivity contribution in [1.29, 1.82) is 0 Å². The average Bonchev–Trinajstić information content (AvgIpc) is 2.96. The first-order chi connectivity index (χ1) is 19.5. The topological polar surface area (TPSA) is 48.6 Å². The Hall–Kier alpha value is -2.71. The van der Waals surface area contributed by atoms with Gasteiger partial charge in [-0.05, 0) is 60.7 Å². The third-order valence-corrected chi connectivity index (χ3v) is 12.3. The first-order valence-corrected chi connectivity index (χ1v) is 15.7. The van der Waals surface area contributed by atoms with E-state index in [1.807, 2.05) is 0 Å². The highest BCUT2D eigenvalue weighted by atomic mass is 32.3. The Morgan fingerprint density at radius 2 is 1.05 bits per heavy atom. The van der Waals surface area contributed by atoms with Gasteiger partial charge < -0.3 is 0 Å². The Balaban J connectivity index is 2.03. The van der Waals surface area contributed by atoms with Crippen molar-refractivity contribution in [2.24, 2.45) is 0 Å². The van der Waals surface area contributed by atoms with Gasteiger partial charge in [-0.2, -0.15) is 39.5 Å². The van der Waals surface area contributed by atoms with Crippen LogP contribution in [0.1, 0.15) is 43.6 Å². The SMILES string of the molecule is O=S(O)(=[O+]S(c1ccccc1)(c1ccccc1)c1ccc(C2CCCCC2)cc1)C(F)(F)C(F)(F)C(F)(F)C(F)(F)F. The van der Waals surface area contributed by atoms with E-state index in [9.17, 15) is 39.5 Å². The van der Waals surface area contributed by atoms with Crippen LogP contribution in [-0.4, -0.2) is 32.0 Å². The number of benzene rings is 3.